The summed E-state index contributed by atoms with van der Waals surface area (Å²) in [5, 5.41) is 6.66. The van der Waals surface area contributed by atoms with Crippen LogP contribution in [0.1, 0.15) is 24.2 Å². The summed E-state index contributed by atoms with van der Waals surface area (Å²) in [6, 6.07) is 4.91. The van der Waals surface area contributed by atoms with Crippen LogP contribution in [-0.2, 0) is 14.3 Å². The maximum atomic E-state index is 12.0. The number of ether oxygens (including phenoxy) is 1. The van der Waals surface area contributed by atoms with Crippen LogP contribution in [0.5, 0.6) is 0 Å². The largest absolute Gasteiger partial charge is 0.451 e. The molecule has 1 rings (SSSR count). The van der Waals surface area contributed by atoms with Gasteiger partial charge in [-0.25, -0.2) is 9.59 Å². The van der Waals surface area contributed by atoms with E-state index in [9.17, 15) is 19.2 Å². The molecule has 0 fully saturated rings. The number of hydrogen-bond acceptors (Lipinski definition) is 5. The number of nitrogens with one attached hydrogen (secondary N) is 3. The van der Waals surface area contributed by atoms with E-state index in [1.54, 1.807) is 24.3 Å². The topological polar surface area (TPSA) is 114 Å². The molecule has 0 aromatic heterocycles. The first-order chi connectivity index (χ1) is 11.2. The second-order valence-electron chi connectivity index (χ2n) is 4.85. The molecule has 1 aromatic rings. The molecule has 0 unspecified atom stereocenters. The van der Waals surface area contributed by atoms with Crippen molar-refractivity contribution < 1.29 is 23.9 Å². The standard InChI is InChI=1S/C15H18BrN3O5/c1-8(18-13(21)10-4-6-11(16)7-5-10)14(22)24-9(2)12(20)19-15(23)17-3/h4-9H,1-3H3,(H,18,21)(H2,17,19,20,23)/t8-,9-/m0/s1. The van der Waals surface area contributed by atoms with E-state index in [2.05, 4.69) is 26.6 Å². The summed E-state index contributed by atoms with van der Waals surface area (Å²) in [5.74, 6) is -2.01. The molecule has 3 N–H and O–H groups in total. The fraction of sp³-hybridized carbons (Fsp3) is 0.333. The molecule has 9 heteroatoms. The Morgan fingerprint density at radius 2 is 1.67 bits per heavy atom. The number of benzene rings is 1. The molecular weight excluding hydrogens is 382 g/mol. The number of esters is 1. The van der Waals surface area contributed by atoms with E-state index in [4.69, 9.17) is 4.74 Å². The van der Waals surface area contributed by atoms with Crippen LogP contribution in [0.25, 0.3) is 0 Å². The van der Waals surface area contributed by atoms with Gasteiger partial charge in [0.15, 0.2) is 6.10 Å². The molecular formula is C15H18BrN3O5. The molecule has 4 amide bonds. The summed E-state index contributed by atoms with van der Waals surface area (Å²) >= 11 is 3.26. The summed E-state index contributed by atoms with van der Waals surface area (Å²) in [7, 11) is 1.35. The zero-order chi connectivity index (χ0) is 18.3. The van der Waals surface area contributed by atoms with Crippen LogP contribution in [-0.4, -0.2) is 43.0 Å². The van der Waals surface area contributed by atoms with Gasteiger partial charge in [-0.3, -0.25) is 14.9 Å². The highest BCUT2D eigenvalue weighted by Crippen LogP contribution is 2.10. The van der Waals surface area contributed by atoms with Crippen molar-refractivity contribution in [3.63, 3.8) is 0 Å². The third-order valence-corrected chi connectivity index (χ3v) is 3.46. The number of rotatable bonds is 5. The van der Waals surface area contributed by atoms with Crippen molar-refractivity contribution in [2.75, 3.05) is 7.05 Å². The highest BCUT2D eigenvalue weighted by molar-refractivity contribution is 9.10. The number of carbonyl (C=O) groups excluding carboxylic acids is 4. The second kappa shape index (κ2) is 9.02. The van der Waals surface area contributed by atoms with Gasteiger partial charge in [0.1, 0.15) is 6.04 Å². The second-order valence-corrected chi connectivity index (χ2v) is 5.77. The normalized spacial score (nSPS) is 12.5. The molecule has 1 aromatic carbocycles. The van der Waals surface area contributed by atoms with Crippen LogP contribution >= 0.6 is 15.9 Å². The van der Waals surface area contributed by atoms with Gasteiger partial charge in [-0.15, -0.1) is 0 Å². The Bertz CT molecular complexity index is 633. The quantitative estimate of drug-likeness (QED) is 0.637. The van der Waals surface area contributed by atoms with Gasteiger partial charge in [0, 0.05) is 17.1 Å². The number of hydrogen-bond donors (Lipinski definition) is 3. The van der Waals surface area contributed by atoms with Gasteiger partial charge in [0.2, 0.25) is 0 Å². The summed E-state index contributed by atoms with van der Waals surface area (Å²) in [6.07, 6.45) is -1.18. The van der Waals surface area contributed by atoms with Gasteiger partial charge >= 0.3 is 12.0 Å². The fourth-order valence-corrected chi connectivity index (χ4v) is 1.81. The monoisotopic (exact) mass is 399 g/mol. The number of halogens is 1. The smallest absolute Gasteiger partial charge is 0.329 e. The first-order valence-electron chi connectivity index (χ1n) is 7.04. The Hall–Kier alpha value is -2.42. The van der Waals surface area contributed by atoms with E-state index in [0.717, 1.165) is 4.47 Å². The number of imide groups is 1. The summed E-state index contributed by atoms with van der Waals surface area (Å²) in [5.41, 5.74) is 0.378. The number of urea groups is 1. The van der Waals surface area contributed by atoms with Gasteiger partial charge < -0.3 is 15.4 Å². The van der Waals surface area contributed by atoms with E-state index in [-0.39, 0.29) is 0 Å². The minimum atomic E-state index is -1.18. The van der Waals surface area contributed by atoms with E-state index < -0.39 is 36.0 Å². The van der Waals surface area contributed by atoms with Crippen molar-refractivity contribution in [2.45, 2.75) is 26.0 Å². The molecule has 8 nitrogen and oxygen atoms in total. The van der Waals surface area contributed by atoms with Crippen LogP contribution in [0.2, 0.25) is 0 Å². The lowest BCUT2D eigenvalue weighted by atomic mass is 10.2. The predicted octanol–water partition coefficient (Wildman–Crippen LogP) is 0.955. The average Bonchev–Trinajstić information content (AvgIpc) is 2.54. The van der Waals surface area contributed by atoms with Crippen LogP contribution in [0.15, 0.2) is 28.7 Å². The summed E-state index contributed by atoms with van der Waals surface area (Å²) in [6.45, 7) is 2.75. The van der Waals surface area contributed by atoms with Crippen LogP contribution < -0.4 is 16.0 Å². The zero-order valence-electron chi connectivity index (χ0n) is 13.4. The molecule has 0 radical (unpaired) electrons. The Morgan fingerprint density at radius 3 is 2.21 bits per heavy atom. The Morgan fingerprint density at radius 1 is 1.08 bits per heavy atom. The Labute approximate surface area is 147 Å². The van der Waals surface area contributed by atoms with Crippen LogP contribution in [0.4, 0.5) is 4.79 Å². The molecule has 0 heterocycles. The number of amides is 4. The van der Waals surface area contributed by atoms with E-state index in [0.29, 0.717) is 5.56 Å². The highest BCUT2D eigenvalue weighted by atomic mass is 79.9. The molecule has 130 valence electrons. The molecule has 24 heavy (non-hydrogen) atoms. The van der Waals surface area contributed by atoms with Crippen molar-refractivity contribution in [2.24, 2.45) is 0 Å². The van der Waals surface area contributed by atoms with Crippen molar-refractivity contribution in [3.8, 4) is 0 Å². The third-order valence-electron chi connectivity index (χ3n) is 2.93. The van der Waals surface area contributed by atoms with E-state index in [1.807, 2.05) is 5.32 Å². The highest BCUT2D eigenvalue weighted by Gasteiger charge is 2.24. The van der Waals surface area contributed by atoms with Gasteiger partial charge in [-0.2, -0.15) is 0 Å². The molecule has 2 atom stereocenters. The maximum Gasteiger partial charge on any atom is 0.329 e. The minimum Gasteiger partial charge on any atom is -0.451 e. The molecule has 0 saturated heterocycles. The van der Waals surface area contributed by atoms with Gasteiger partial charge in [-0.05, 0) is 38.1 Å². The molecule has 0 bridgehead atoms. The fourth-order valence-electron chi connectivity index (χ4n) is 1.55. The maximum absolute atomic E-state index is 12.0. The average molecular weight is 400 g/mol. The lowest BCUT2D eigenvalue weighted by molar-refractivity contribution is -0.155. The van der Waals surface area contributed by atoms with Crippen molar-refractivity contribution in [1.82, 2.24) is 16.0 Å². The third kappa shape index (κ3) is 5.99. The van der Waals surface area contributed by atoms with Crippen molar-refractivity contribution >= 4 is 39.7 Å². The first-order valence-corrected chi connectivity index (χ1v) is 7.83. The summed E-state index contributed by atoms with van der Waals surface area (Å²) in [4.78, 5) is 46.6. The van der Waals surface area contributed by atoms with Crippen molar-refractivity contribution in [3.05, 3.63) is 34.3 Å². The SMILES string of the molecule is CNC(=O)NC(=O)[C@H](C)OC(=O)[C@H](C)NC(=O)c1ccc(Br)cc1. The molecule has 0 saturated carbocycles. The van der Waals surface area contributed by atoms with Crippen LogP contribution in [0, 0.1) is 0 Å². The first kappa shape index (κ1) is 19.6. The molecule has 0 aliphatic rings. The van der Waals surface area contributed by atoms with E-state index >= 15 is 0 Å². The van der Waals surface area contributed by atoms with Crippen molar-refractivity contribution in [1.29, 1.82) is 0 Å². The van der Waals surface area contributed by atoms with E-state index in [1.165, 1.54) is 20.9 Å². The van der Waals surface area contributed by atoms with Gasteiger partial charge in [-0.1, -0.05) is 15.9 Å². The van der Waals surface area contributed by atoms with Gasteiger partial charge in [0.05, 0.1) is 0 Å². The lowest BCUT2D eigenvalue weighted by Gasteiger charge is -2.17. The van der Waals surface area contributed by atoms with Gasteiger partial charge in [0.25, 0.3) is 11.8 Å². The molecule has 0 aliphatic carbocycles. The summed E-state index contributed by atoms with van der Waals surface area (Å²) < 4.78 is 5.74. The van der Waals surface area contributed by atoms with Crippen LogP contribution in [0.3, 0.4) is 0 Å². The number of carbonyl (C=O) groups is 4. The molecule has 0 aliphatic heterocycles. The predicted molar refractivity (Wildman–Crippen MR) is 89.2 cm³/mol. The lowest BCUT2D eigenvalue weighted by Crippen LogP contribution is -2.46. The minimum absolute atomic E-state index is 0.378. The Balaban J connectivity index is 2.55. The Kier molecular flexibility index (Phi) is 7.37. The molecule has 0 spiro atoms. The zero-order valence-corrected chi connectivity index (χ0v) is 15.0.